The van der Waals surface area contributed by atoms with E-state index in [0.717, 1.165) is 21.2 Å². The fraction of sp³-hybridized carbons (Fsp3) is 0.333. The molecule has 0 spiro atoms. The van der Waals surface area contributed by atoms with Gasteiger partial charge < -0.3 is 4.74 Å². The number of rotatable bonds is 9. The summed E-state index contributed by atoms with van der Waals surface area (Å²) in [6, 6.07) is 13.8. The van der Waals surface area contributed by atoms with Gasteiger partial charge >= 0.3 is 0 Å². The van der Waals surface area contributed by atoms with Gasteiger partial charge in [0.25, 0.3) is 5.91 Å². The number of nitrogens with zero attached hydrogens (tertiary/aromatic N) is 1. The van der Waals surface area contributed by atoms with Crippen LogP contribution in [-0.2, 0) is 26.0 Å². The number of amides is 2. The molecule has 0 aliphatic heterocycles. The zero-order chi connectivity index (χ0) is 22.1. The van der Waals surface area contributed by atoms with E-state index in [9.17, 15) is 18.0 Å². The minimum absolute atomic E-state index is 0.0998. The third kappa shape index (κ3) is 6.85. The third-order valence-corrected chi connectivity index (χ3v) is 6.13. The highest BCUT2D eigenvalue weighted by Gasteiger charge is 2.22. The second kappa shape index (κ2) is 10.7. The molecule has 8 nitrogen and oxygen atoms in total. The highest BCUT2D eigenvalue weighted by Crippen LogP contribution is 2.15. The van der Waals surface area contributed by atoms with Crippen molar-refractivity contribution in [3.8, 4) is 5.75 Å². The van der Waals surface area contributed by atoms with Crippen molar-refractivity contribution >= 4 is 21.8 Å². The number of nitrogens with one attached hydrogen (secondary N) is 2. The zero-order valence-corrected chi connectivity index (χ0v) is 18.2. The van der Waals surface area contributed by atoms with Crippen molar-refractivity contribution in [1.29, 1.82) is 0 Å². The Balaban J connectivity index is 1.77. The van der Waals surface area contributed by atoms with Gasteiger partial charge in [0.1, 0.15) is 5.75 Å². The molecule has 0 heterocycles. The minimum atomic E-state index is -3.79. The van der Waals surface area contributed by atoms with Crippen LogP contribution in [0, 0.1) is 6.92 Å². The molecule has 2 N–H and O–H groups in total. The normalized spacial score (nSPS) is 11.2. The summed E-state index contributed by atoms with van der Waals surface area (Å²) in [6.45, 7) is 3.92. The summed E-state index contributed by atoms with van der Waals surface area (Å²) in [5, 5.41) is 0. The lowest BCUT2D eigenvalue weighted by Gasteiger charge is -2.17. The van der Waals surface area contributed by atoms with Crippen LogP contribution in [-0.4, -0.2) is 44.7 Å². The molecule has 0 aliphatic rings. The van der Waals surface area contributed by atoms with Gasteiger partial charge in [0.2, 0.25) is 15.9 Å². The zero-order valence-electron chi connectivity index (χ0n) is 17.3. The SMILES string of the molecule is CCOc1ccc(CCC(=O)NNC(=O)CN(C)S(=O)(=O)c2ccc(C)cc2)cc1. The smallest absolute Gasteiger partial charge is 0.253 e. The van der Waals surface area contributed by atoms with Gasteiger partial charge in [-0.15, -0.1) is 0 Å². The Bertz CT molecular complexity index is 957. The predicted octanol–water partition coefficient (Wildman–Crippen LogP) is 1.79. The second-order valence-corrected chi connectivity index (χ2v) is 8.79. The number of carbonyl (C=O) groups is 2. The first-order chi connectivity index (χ1) is 14.2. The molecule has 0 aromatic heterocycles. The van der Waals surface area contributed by atoms with E-state index in [0.29, 0.717) is 13.0 Å². The molecule has 0 bridgehead atoms. The molecule has 30 heavy (non-hydrogen) atoms. The van der Waals surface area contributed by atoms with Crippen molar-refractivity contribution in [2.75, 3.05) is 20.2 Å². The van der Waals surface area contributed by atoms with Crippen molar-refractivity contribution in [3.63, 3.8) is 0 Å². The van der Waals surface area contributed by atoms with Gasteiger partial charge in [-0.1, -0.05) is 29.8 Å². The van der Waals surface area contributed by atoms with Crippen LogP contribution in [0.25, 0.3) is 0 Å². The second-order valence-electron chi connectivity index (χ2n) is 6.75. The molecule has 2 rings (SSSR count). The van der Waals surface area contributed by atoms with Crippen LogP contribution in [0.4, 0.5) is 0 Å². The lowest BCUT2D eigenvalue weighted by Crippen LogP contribution is -2.46. The maximum Gasteiger partial charge on any atom is 0.253 e. The maximum absolute atomic E-state index is 12.5. The number of ether oxygens (including phenoxy) is 1. The molecule has 0 saturated heterocycles. The van der Waals surface area contributed by atoms with Crippen LogP contribution in [0.15, 0.2) is 53.4 Å². The summed E-state index contributed by atoms with van der Waals surface area (Å²) < 4.78 is 31.3. The quantitative estimate of drug-likeness (QED) is 0.587. The Kier molecular flexibility index (Phi) is 8.37. The topological polar surface area (TPSA) is 105 Å². The number of hydrogen-bond acceptors (Lipinski definition) is 5. The minimum Gasteiger partial charge on any atom is -0.494 e. The number of aryl methyl sites for hydroxylation is 2. The van der Waals surface area contributed by atoms with Crippen LogP contribution < -0.4 is 15.6 Å². The number of hydrogen-bond donors (Lipinski definition) is 2. The Labute approximate surface area is 177 Å². The van der Waals surface area contributed by atoms with Gasteiger partial charge in [-0.2, -0.15) is 4.31 Å². The van der Waals surface area contributed by atoms with Gasteiger partial charge in [0.15, 0.2) is 0 Å². The molecule has 2 aromatic carbocycles. The van der Waals surface area contributed by atoms with Crippen molar-refractivity contribution in [3.05, 3.63) is 59.7 Å². The van der Waals surface area contributed by atoms with Crippen molar-refractivity contribution < 1.29 is 22.7 Å². The van der Waals surface area contributed by atoms with Gasteiger partial charge in [-0.3, -0.25) is 20.4 Å². The summed E-state index contributed by atoms with van der Waals surface area (Å²) in [6.07, 6.45) is 0.668. The molecule has 0 aliphatic carbocycles. The van der Waals surface area contributed by atoms with Gasteiger partial charge in [0, 0.05) is 13.5 Å². The number of sulfonamides is 1. The Morgan fingerprint density at radius 1 is 0.967 bits per heavy atom. The van der Waals surface area contributed by atoms with Crippen molar-refractivity contribution in [1.82, 2.24) is 15.2 Å². The monoisotopic (exact) mass is 433 g/mol. The summed E-state index contributed by atoms with van der Waals surface area (Å²) in [4.78, 5) is 24.1. The van der Waals surface area contributed by atoms with Gasteiger partial charge in [0.05, 0.1) is 18.0 Å². The van der Waals surface area contributed by atoms with Crippen molar-refractivity contribution in [2.45, 2.75) is 31.6 Å². The fourth-order valence-electron chi connectivity index (χ4n) is 2.60. The fourth-order valence-corrected chi connectivity index (χ4v) is 3.72. The van der Waals surface area contributed by atoms with E-state index in [4.69, 9.17) is 4.74 Å². The third-order valence-electron chi connectivity index (χ3n) is 4.31. The molecule has 2 aromatic rings. The van der Waals surface area contributed by atoms with E-state index < -0.39 is 22.5 Å². The number of carbonyl (C=O) groups excluding carboxylic acids is 2. The van der Waals surface area contributed by atoms with Gasteiger partial charge in [-0.05, 0) is 50.1 Å². The van der Waals surface area contributed by atoms with Crippen LogP contribution in [0.3, 0.4) is 0 Å². The average molecular weight is 434 g/mol. The maximum atomic E-state index is 12.5. The van der Waals surface area contributed by atoms with Crippen molar-refractivity contribution in [2.24, 2.45) is 0 Å². The first kappa shape index (κ1) is 23.4. The Hall–Kier alpha value is -2.91. The molecule has 0 radical (unpaired) electrons. The van der Waals surface area contributed by atoms with E-state index in [1.807, 2.05) is 38.1 Å². The largest absolute Gasteiger partial charge is 0.494 e. The average Bonchev–Trinajstić information content (AvgIpc) is 2.72. The first-order valence-electron chi connectivity index (χ1n) is 9.55. The lowest BCUT2D eigenvalue weighted by atomic mass is 10.1. The van der Waals surface area contributed by atoms with E-state index >= 15 is 0 Å². The summed E-state index contributed by atoms with van der Waals surface area (Å²) in [5.41, 5.74) is 6.44. The molecule has 0 atom stereocenters. The summed E-state index contributed by atoms with van der Waals surface area (Å²) >= 11 is 0. The molecular formula is C21H27N3O5S. The van der Waals surface area contributed by atoms with E-state index in [-0.39, 0.29) is 17.2 Å². The van der Waals surface area contributed by atoms with E-state index in [1.54, 1.807) is 12.1 Å². The Morgan fingerprint density at radius 3 is 2.17 bits per heavy atom. The Morgan fingerprint density at radius 2 is 1.57 bits per heavy atom. The molecule has 9 heteroatoms. The standard InChI is InChI=1S/C21H27N3O5S/c1-4-29-18-10-7-17(8-11-18)9-14-20(25)22-23-21(26)15-24(3)30(27,28)19-12-5-16(2)6-13-19/h5-8,10-13H,4,9,14-15H2,1-3H3,(H,22,25)(H,23,26). The molecule has 0 unspecified atom stereocenters. The summed E-state index contributed by atoms with van der Waals surface area (Å²) in [5.74, 6) is -0.244. The molecule has 162 valence electrons. The molecule has 2 amide bonds. The molecular weight excluding hydrogens is 406 g/mol. The highest BCUT2D eigenvalue weighted by atomic mass is 32.2. The molecule has 0 saturated carbocycles. The highest BCUT2D eigenvalue weighted by molar-refractivity contribution is 7.89. The number of likely N-dealkylation sites (N-methyl/N-ethyl adjacent to an activating group) is 1. The lowest BCUT2D eigenvalue weighted by molar-refractivity contribution is -0.128. The first-order valence-corrected chi connectivity index (χ1v) is 11.0. The predicted molar refractivity (Wildman–Crippen MR) is 113 cm³/mol. The van der Waals surface area contributed by atoms with Crippen LogP contribution in [0.2, 0.25) is 0 Å². The van der Waals surface area contributed by atoms with E-state index in [1.165, 1.54) is 19.2 Å². The number of benzene rings is 2. The summed E-state index contributed by atoms with van der Waals surface area (Å²) in [7, 11) is -2.49. The van der Waals surface area contributed by atoms with E-state index in [2.05, 4.69) is 10.9 Å². The van der Waals surface area contributed by atoms with Crippen LogP contribution >= 0.6 is 0 Å². The van der Waals surface area contributed by atoms with Crippen LogP contribution in [0.5, 0.6) is 5.75 Å². The number of hydrazine groups is 1. The van der Waals surface area contributed by atoms with Gasteiger partial charge in [-0.25, -0.2) is 8.42 Å². The van der Waals surface area contributed by atoms with Crippen LogP contribution in [0.1, 0.15) is 24.5 Å². The molecule has 0 fully saturated rings.